The van der Waals surface area contributed by atoms with Crippen LogP contribution < -0.4 is 0 Å². The third-order valence-corrected chi connectivity index (χ3v) is 5.76. The fourth-order valence-electron chi connectivity index (χ4n) is 3.61. The van der Waals surface area contributed by atoms with Crippen molar-refractivity contribution >= 4 is 11.9 Å². The predicted octanol–water partition coefficient (Wildman–Crippen LogP) is 7.77. The molecule has 0 amide bonds. The standard InChI is InChI=1S/C30H52O5/c1-3-5-7-9-11-13-14-15-16-17-19-20-22-24-29(32)34-27-28(26-31)35-30(33)25-23-21-18-12-10-8-6-4-2/h5,7,9,11,13-14,28,31H,3-4,6,8,10,12,15-27H2,1-2H3/b7-5+,11-9+,14-13+. The number of aliphatic hydroxyl groups excluding tert-OH is 1. The molecule has 0 heterocycles. The van der Waals surface area contributed by atoms with Gasteiger partial charge in [-0.05, 0) is 32.1 Å². The minimum Gasteiger partial charge on any atom is -0.462 e. The minimum atomic E-state index is -0.772. The van der Waals surface area contributed by atoms with Crippen molar-refractivity contribution in [2.45, 2.75) is 129 Å². The molecule has 5 nitrogen and oxygen atoms in total. The molecule has 1 unspecified atom stereocenters. The number of hydrogen-bond acceptors (Lipinski definition) is 5. The van der Waals surface area contributed by atoms with Crippen LogP contribution in [0.1, 0.15) is 123 Å². The molecule has 0 fully saturated rings. The minimum absolute atomic E-state index is 0.0759. The molecule has 1 atom stereocenters. The summed E-state index contributed by atoms with van der Waals surface area (Å²) in [6.07, 6.45) is 29.1. The van der Waals surface area contributed by atoms with E-state index >= 15 is 0 Å². The Hall–Kier alpha value is -1.88. The lowest BCUT2D eigenvalue weighted by molar-refractivity contribution is -0.161. The van der Waals surface area contributed by atoms with E-state index in [2.05, 4.69) is 44.2 Å². The first-order chi connectivity index (χ1) is 17.1. The molecule has 0 aliphatic heterocycles. The summed E-state index contributed by atoms with van der Waals surface area (Å²) in [5, 5.41) is 9.42. The van der Waals surface area contributed by atoms with Crippen LogP contribution in [0.2, 0.25) is 0 Å². The molecule has 5 heteroatoms. The van der Waals surface area contributed by atoms with Crippen LogP contribution >= 0.6 is 0 Å². The van der Waals surface area contributed by atoms with Gasteiger partial charge >= 0.3 is 11.9 Å². The van der Waals surface area contributed by atoms with Crippen molar-refractivity contribution in [3.05, 3.63) is 36.5 Å². The molecule has 0 aromatic carbocycles. The lowest BCUT2D eigenvalue weighted by Crippen LogP contribution is -2.28. The average Bonchev–Trinajstić information content (AvgIpc) is 2.86. The topological polar surface area (TPSA) is 72.8 Å². The van der Waals surface area contributed by atoms with Crippen LogP contribution in [-0.2, 0) is 19.1 Å². The third-order valence-electron chi connectivity index (χ3n) is 5.76. The van der Waals surface area contributed by atoms with Gasteiger partial charge < -0.3 is 14.6 Å². The Bertz CT molecular complexity index is 579. The second-order valence-electron chi connectivity index (χ2n) is 9.16. The number of rotatable bonds is 24. The first kappa shape index (κ1) is 33.1. The number of esters is 2. The van der Waals surface area contributed by atoms with E-state index in [9.17, 15) is 14.7 Å². The van der Waals surface area contributed by atoms with Gasteiger partial charge in [-0.1, -0.05) is 115 Å². The molecule has 35 heavy (non-hydrogen) atoms. The van der Waals surface area contributed by atoms with Crippen molar-refractivity contribution in [2.75, 3.05) is 13.2 Å². The van der Waals surface area contributed by atoms with Gasteiger partial charge in [0.05, 0.1) is 6.61 Å². The predicted molar refractivity (Wildman–Crippen MR) is 145 cm³/mol. The maximum Gasteiger partial charge on any atom is 0.306 e. The van der Waals surface area contributed by atoms with Crippen molar-refractivity contribution in [3.8, 4) is 0 Å². The number of carbonyl (C=O) groups excluding carboxylic acids is 2. The second kappa shape index (κ2) is 26.7. The summed E-state index contributed by atoms with van der Waals surface area (Å²) in [4.78, 5) is 23.9. The first-order valence-electron chi connectivity index (χ1n) is 14.1. The molecular formula is C30H52O5. The number of carbonyl (C=O) groups is 2. The molecule has 0 aliphatic carbocycles. The molecule has 0 spiro atoms. The molecule has 0 aromatic rings. The Kier molecular flexibility index (Phi) is 25.3. The number of hydrogen-bond donors (Lipinski definition) is 1. The molecule has 0 saturated carbocycles. The largest absolute Gasteiger partial charge is 0.462 e. The van der Waals surface area contributed by atoms with E-state index in [1.807, 2.05) is 6.08 Å². The molecule has 0 aliphatic rings. The maximum absolute atomic E-state index is 12.0. The molecule has 0 saturated heterocycles. The molecule has 0 aromatic heterocycles. The van der Waals surface area contributed by atoms with Gasteiger partial charge in [-0.2, -0.15) is 0 Å². The van der Waals surface area contributed by atoms with Crippen LogP contribution in [0, 0.1) is 0 Å². The Morgan fingerprint density at radius 3 is 1.83 bits per heavy atom. The number of aliphatic hydroxyl groups is 1. The lowest BCUT2D eigenvalue weighted by atomic mass is 10.1. The number of ether oxygens (including phenoxy) is 2. The van der Waals surface area contributed by atoms with Crippen molar-refractivity contribution in [3.63, 3.8) is 0 Å². The fraction of sp³-hybridized carbons (Fsp3) is 0.733. The summed E-state index contributed by atoms with van der Waals surface area (Å²) in [6, 6.07) is 0. The molecule has 202 valence electrons. The zero-order chi connectivity index (χ0) is 25.8. The van der Waals surface area contributed by atoms with Gasteiger partial charge in [-0.15, -0.1) is 0 Å². The highest BCUT2D eigenvalue weighted by atomic mass is 16.6. The zero-order valence-corrected chi connectivity index (χ0v) is 22.6. The molecule has 0 radical (unpaired) electrons. The third kappa shape index (κ3) is 25.0. The Labute approximate surface area is 215 Å². The van der Waals surface area contributed by atoms with Gasteiger partial charge in [0.2, 0.25) is 0 Å². The van der Waals surface area contributed by atoms with Crippen molar-refractivity contribution in [1.82, 2.24) is 0 Å². The van der Waals surface area contributed by atoms with Gasteiger partial charge in [0.25, 0.3) is 0 Å². The number of allylic oxidation sites excluding steroid dienone is 6. The van der Waals surface area contributed by atoms with Crippen LogP contribution in [0.5, 0.6) is 0 Å². The van der Waals surface area contributed by atoms with Crippen LogP contribution in [0.4, 0.5) is 0 Å². The quantitative estimate of drug-likeness (QED) is 0.0846. The monoisotopic (exact) mass is 492 g/mol. The van der Waals surface area contributed by atoms with Crippen molar-refractivity contribution < 1.29 is 24.2 Å². The van der Waals surface area contributed by atoms with Crippen LogP contribution in [0.25, 0.3) is 0 Å². The zero-order valence-electron chi connectivity index (χ0n) is 22.6. The summed E-state index contributed by atoms with van der Waals surface area (Å²) in [6.45, 7) is 3.92. The van der Waals surface area contributed by atoms with Crippen LogP contribution in [0.3, 0.4) is 0 Å². The maximum atomic E-state index is 12.0. The molecule has 0 rings (SSSR count). The highest BCUT2D eigenvalue weighted by Crippen LogP contribution is 2.11. The van der Waals surface area contributed by atoms with E-state index in [1.165, 1.54) is 32.1 Å². The SMILES string of the molecule is CC/C=C/C=C/C=C/CCCCCCCC(=O)OCC(CO)OC(=O)CCCCCCCCCC. The smallest absolute Gasteiger partial charge is 0.306 e. The summed E-state index contributed by atoms with van der Waals surface area (Å²) in [5.41, 5.74) is 0. The summed E-state index contributed by atoms with van der Waals surface area (Å²) < 4.78 is 10.4. The Morgan fingerprint density at radius 2 is 1.23 bits per heavy atom. The highest BCUT2D eigenvalue weighted by molar-refractivity contribution is 5.70. The molecule has 1 N–H and O–H groups in total. The Balaban J connectivity index is 3.67. The Morgan fingerprint density at radius 1 is 0.686 bits per heavy atom. The van der Waals surface area contributed by atoms with Gasteiger partial charge in [0, 0.05) is 12.8 Å². The van der Waals surface area contributed by atoms with E-state index in [4.69, 9.17) is 9.47 Å². The fourth-order valence-corrected chi connectivity index (χ4v) is 3.61. The number of unbranched alkanes of at least 4 members (excludes halogenated alkanes) is 12. The summed E-state index contributed by atoms with van der Waals surface area (Å²) in [7, 11) is 0. The van der Waals surface area contributed by atoms with Crippen LogP contribution in [0.15, 0.2) is 36.5 Å². The van der Waals surface area contributed by atoms with E-state index in [0.717, 1.165) is 64.2 Å². The molecule has 0 bridgehead atoms. The summed E-state index contributed by atoms with van der Waals surface area (Å²) >= 11 is 0. The van der Waals surface area contributed by atoms with Crippen molar-refractivity contribution in [2.24, 2.45) is 0 Å². The van der Waals surface area contributed by atoms with Gasteiger partial charge in [-0.3, -0.25) is 9.59 Å². The highest BCUT2D eigenvalue weighted by Gasteiger charge is 2.16. The first-order valence-corrected chi connectivity index (χ1v) is 14.1. The summed E-state index contributed by atoms with van der Waals surface area (Å²) in [5.74, 6) is -0.625. The average molecular weight is 493 g/mol. The van der Waals surface area contributed by atoms with Crippen molar-refractivity contribution in [1.29, 1.82) is 0 Å². The van der Waals surface area contributed by atoms with Gasteiger partial charge in [-0.25, -0.2) is 0 Å². The van der Waals surface area contributed by atoms with E-state index in [0.29, 0.717) is 12.8 Å². The van der Waals surface area contributed by atoms with Gasteiger partial charge in [0.15, 0.2) is 6.10 Å². The van der Waals surface area contributed by atoms with E-state index in [-0.39, 0.29) is 25.2 Å². The van der Waals surface area contributed by atoms with Gasteiger partial charge in [0.1, 0.15) is 6.61 Å². The van der Waals surface area contributed by atoms with E-state index < -0.39 is 6.10 Å². The molecular weight excluding hydrogens is 440 g/mol. The van der Waals surface area contributed by atoms with E-state index in [1.54, 1.807) is 0 Å². The van der Waals surface area contributed by atoms with Crippen LogP contribution in [-0.4, -0.2) is 36.4 Å². The second-order valence-corrected chi connectivity index (χ2v) is 9.16. The lowest BCUT2D eigenvalue weighted by Gasteiger charge is -2.15. The normalized spacial score (nSPS) is 12.7.